The largest absolute Gasteiger partial charge is 0.389 e. The molecule has 3 aromatic rings. The molecule has 4 rings (SSSR count). The molecule has 0 aliphatic carbocycles. The zero-order valence-electron chi connectivity index (χ0n) is 13.7. The summed E-state index contributed by atoms with van der Waals surface area (Å²) < 4.78 is 0. The lowest BCUT2D eigenvalue weighted by Crippen LogP contribution is -2.51. The molecule has 1 aliphatic heterocycles. The minimum atomic E-state index is -0.269. The Kier molecular flexibility index (Phi) is 3.57. The molecule has 3 N–H and O–H groups in total. The maximum Gasteiger partial charge on any atom is 0.161 e. The van der Waals surface area contributed by atoms with Gasteiger partial charge in [0.1, 0.15) is 17.5 Å². The van der Waals surface area contributed by atoms with Crippen LogP contribution >= 0.6 is 0 Å². The molecule has 0 atom stereocenters. The summed E-state index contributed by atoms with van der Waals surface area (Å²) in [6.45, 7) is 5.36. The van der Waals surface area contributed by atoms with Gasteiger partial charge in [0.25, 0.3) is 0 Å². The smallest absolute Gasteiger partial charge is 0.161 e. The van der Waals surface area contributed by atoms with E-state index in [-0.39, 0.29) is 12.0 Å². The van der Waals surface area contributed by atoms with Crippen molar-refractivity contribution >= 4 is 28.4 Å². The quantitative estimate of drug-likeness (QED) is 0.683. The Morgan fingerprint density at radius 2 is 2.04 bits per heavy atom. The van der Waals surface area contributed by atoms with Gasteiger partial charge in [0.05, 0.1) is 11.6 Å². The number of aromatic nitrogens is 4. The molecule has 0 amide bonds. The Morgan fingerprint density at radius 3 is 2.79 bits per heavy atom. The molecule has 3 heterocycles. The summed E-state index contributed by atoms with van der Waals surface area (Å²) in [4.78, 5) is 11.3. The summed E-state index contributed by atoms with van der Waals surface area (Å²) in [6, 6.07) is 9.86. The predicted molar refractivity (Wildman–Crippen MR) is 93.7 cm³/mol. The molecule has 7 nitrogen and oxygen atoms in total. The number of para-hydroxylation sites is 1. The van der Waals surface area contributed by atoms with E-state index in [0.717, 1.165) is 28.4 Å². The lowest BCUT2D eigenvalue weighted by atomic mass is 10.1. The number of β-amino-alcohol motifs (C(OH)–C–C–N with tert-alkyl or cyclic N) is 1. The SMILES string of the molecule is CC(C)c1nc(Nc2n[nH]c3ccccc23)cc(N2CC(O)C2)n1. The summed E-state index contributed by atoms with van der Waals surface area (Å²) in [7, 11) is 0. The molecule has 0 radical (unpaired) electrons. The van der Waals surface area contributed by atoms with Crippen LogP contribution < -0.4 is 10.2 Å². The van der Waals surface area contributed by atoms with Crippen molar-refractivity contribution < 1.29 is 5.11 Å². The first-order valence-corrected chi connectivity index (χ1v) is 8.12. The van der Waals surface area contributed by atoms with Crippen molar-refractivity contribution in [2.45, 2.75) is 25.9 Å². The van der Waals surface area contributed by atoms with E-state index in [0.29, 0.717) is 18.9 Å². The van der Waals surface area contributed by atoms with E-state index in [1.165, 1.54) is 0 Å². The van der Waals surface area contributed by atoms with Gasteiger partial charge < -0.3 is 15.3 Å². The number of nitrogens with zero attached hydrogens (tertiary/aromatic N) is 4. The van der Waals surface area contributed by atoms with Crippen LogP contribution in [0.15, 0.2) is 30.3 Å². The third-order valence-electron chi connectivity index (χ3n) is 4.15. The van der Waals surface area contributed by atoms with E-state index in [4.69, 9.17) is 0 Å². The number of fused-ring (bicyclic) bond motifs is 1. The lowest BCUT2D eigenvalue weighted by molar-refractivity contribution is 0.141. The summed E-state index contributed by atoms with van der Waals surface area (Å²) in [5, 5.41) is 21.2. The highest BCUT2D eigenvalue weighted by atomic mass is 16.3. The van der Waals surface area contributed by atoms with Crippen molar-refractivity contribution in [3.63, 3.8) is 0 Å². The van der Waals surface area contributed by atoms with Gasteiger partial charge in [0, 0.05) is 30.5 Å². The van der Waals surface area contributed by atoms with Gasteiger partial charge in [-0.15, -0.1) is 0 Å². The Bertz CT molecular complexity index is 868. The highest BCUT2D eigenvalue weighted by Crippen LogP contribution is 2.27. The van der Waals surface area contributed by atoms with E-state index >= 15 is 0 Å². The average molecular weight is 324 g/mol. The number of H-pyrrole nitrogens is 1. The molecular formula is C17H20N6O. The first-order chi connectivity index (χ1) is 11.6. The second-order valence-electron chi connectivity index (χ2n) is 6.43. The Labute approximate surface area is 139 Å². The molecule has 124 valence electrons. The molecule has 1 aliphatic rings. The van der Waals surface area contributed by atoms with Gasteiger partial charge in [-0.1, -0.05) is 26.0 Å². The number of anilines is 3. The van der Waals surface area contributed by atoms with Crippen LogP contribution in [0.3, 0.4) is 0 Å². The number of hydrogen-bond donors (Lipinski definition) is 3. The normalized spacial score (nSPS) is 15.1. The fourth-order valence-electron chi connectivity index (χ4n) is 2.76. The van der Waals surface area contributed by atoms with Crippen molar-refractivity contribution in [1.29, 1.82) is 0 Å². The maximum atomic E-state index is 9.54. The van der Waals surface area contributed by atoms with Crippen molar-refractivity contribution in [2.24, 2.45) is 0 Å². The topological polar surface area (TPSA) is 90.0 Å². The molecule has 0 saturated carbocycles. The van der Waals surface area contributed by atoms with Gasteiger partial charge in [0.15, 0.2) is 5.82 Å². The first-order valence-electron chi connectivity index (χ1n) is 8.12. The maximum absolute atomic E-state index is 9.54. The van der Waals surface area contributed by atoms with Crippen LogP contribution in [0, 0.1) is 0 Å². The van der Waals surface area contributed by atoms with Crippen LogP contribution in [0.1, 0.15) is 25.6 Å². The van der Waals surface area contributed by atoms with Gasteiger partial charge in [0.2, 0.25) is 0 Å². The summed E-state index contributed by atoms with van der Waals surface area (Å²) in [5.74, 6) is 3.28. The third kappa shape index (κ3) is 2.67. The second kappa shape index (κ2) is 5.76. The average Bonchev–Trinajstić information content (AvgIpc) is 2.95. The number of aliphatic hydroxyl groups excluding tert-OH is 1. The fraction of sp³-hybridized carbons (Fsp3) is 0.353. The Balaban J connectivity index is 1.69. The van der Waals surface area contributed by atoms with Gasteiger partial charge in [-0.05, 0) is 12.1 Å². The number of hydrogen-bond acceptors (Lipinski definition) is 6. The molecule has 1 fully saturated rings. The van der Waals surface area contributed by atoms with Crippen LogP contribution in [-0.2, 0) is 0 Å². The van der Waals surface area contributed by atoms with Crippen molar-refractivity contribution in [1.82, 2.24) is 20.2 Å². The van der Waals surface area contributed by atoms with Crippen LogP contribution in [0.25, 0.3) is 10.9 Å². The number of aliphatic hydroxyl groups is 1. The van der Waals surface area contributed by atoms with Crippen molar-refractivity contribution in [2.75, 3.05) is 23.3 Å². The van der Waals surface area contributed by atoms with Gasteiger partial charge >= 0.3 is 0 Å². The molecule has 1 aromatic carbocycles. The Hall–Kier alpha value is -2.67. The van der Waals surface area contributed by atoms with Crippen molar-refractivity contribution in [3.8, 4) is 0 Å². The van der Waals surface area contributed by atoms with E-state index < -0.39 is 0 Å². The van der Waals surface area contributed by atoms with Crippen LogP contribution in [0.5, 0.6) is 0 Å². The lowest BCUT2D eigenvalue weighted by Gasteiger charge is -2.37. The van der Waals surface area contributed by atoms with Crippen LogP contribution in [-0.4, -0.2) is 44.5 Å². The number of benzene rings is 1. The number of rotatable bonds is 4. The molecule has 2 aromatic heterocycles. The minimum absolute atomic E-state index is 0.215. The zero-order chi connectivity index (χ0) is 16.7. The summed E-state index contributed by atoms with van der Waals surface area (Å²) >= 11 is 0. The van der Waals surface area contributed by atoms with E-state index in [2.05, 4.69) is 39.3 Å². The summed E-state index contributed by atoms with van der Waals surface area (Å²) in [6.07, 6.45) is -0.269. The molecule has 24 heavy (non-hydrogen) atoms. The third-order valence-corrected chi connectivity index (χ3v) is 4.15. The van der Waals surface area contributed by atoms with E-state index in [1.54, 1.807) is 0 Å². The number of aromatic amines is 1. The van der Waals surface area contributed by atoms with Gasteiger partial charge in [-0.25, -0.2) is 9.97 Å². The van der Waals surface area contributed by atoms with Crippen molar-refractivity contribution in [3.05, 3.63) is 36.2 Å². The molecule has 0 bridgehead atoms. The fourth-order valence-corrected chi connectivity index (χ4v) is 2.76. The molecule has 1 saturated heterocycles. The molecule has 7 heteroatoms. The molecule has 0 spiro atoms. The molecule has 0 unspecified atom stereocenters. The van der Waals surface area contributed by atoms with E-state index in [1.807, 2.05) is 35.2 Å². The standard InChI is InChI=1S/C17H20N6O/c1-10(2)16-18-14(7-15(20-16)23-8-11(24)9-23)19-17-12-5-3-4-6-13(12)21-22-17/h3-7,10-11,24H,8-9H2,1-2H3,(H2,18,19,20,21,22). The minimum Gasteiger partial charge on any atom is -0.389 e. The zero-order valence-corrected chi connectivity index (χ0v) is 13.7. The number of nitrogens with one attached hydrogen (secondary N) is 2. The second-order valence-corrected chi connectivity index (χ2v) is 6.43. The monoisotopic (exact) mass is 324 g/mol. The highest BCUT2D eigenvalue weighted by Gasteiger charge is 2.26. The Morgan fingerprint density at radius 1 is 1.25 bits per heavy atom. The first kappa shape index (κ1) is 14.9. The molecular weight excluding hydrogens is 304 g/mol. The predicted octanol–water partition coefficient (Wildman–Crippen LogP) is 2.40. The van der Waals surface area contributed by atoms with Crippen LogP contribution in [0.4, 0.5) is 17.5 Å². The summed E-state index contributed by atoms with van der Waals surface area (Å²) in [5.41, 5.74) is 0.976. The van der Waals surface area contributed by atoms with E-state index in [9.17, 15) is 5.11 Å². The van der Waals surface area contributed by atoms with Gasteiger partial charge in [-0.3, -0.25) is 5.10 Å². The van der Waals surface area contributed by atoms with Gasteiger partial charge in [-0.2, -0.15) is 5.10 Å². The van der Waals surface area contributed by atoms with Crippen LogP contribution in [0.2, 0.25) is 0 Å². The highest BCUT2D eigenvalue weighted by molar-refractivity contribution is 5.91.